The Balaban J connectivity index is 0.000000181. The lowest BCUT2D eigenvalue weighted by atomic mass is 10.1. The van der Waals surface area contributed by atoms with Gasteiger partial charge in [0.2, 0.25) is 11.8 Å². The lowest BCUT2D eigenvalue weighted by Gasteiger charge is -2.32. The first-order chi connectivity index (χ1) is 28.7. The molecule has 2 aliphatic rings. The van der Waals surface area contributed by atoms with Crippen molar-refractivity contribution < 1.29 is 18.4 Å². The lowest BCUT2D eigenvalue weighted by Crippen LogP contribution is -2.45. The molecule has 0 spiro atoms. The quantitative estimate of drug-likeness (QED) is 0.155. The maximum absolute atomic E-state index is 13.2. The van der Waals surface area contributed by atoms with Crippen molar-refractivity contribution in [2.24, 2.45) is 0 Å². The zero-order valence-corrected chi connectivity index (χ0v) is 35.1. The number of carbonyl (C=O) groups excluding carboxylic acids is 2. The fraction of sp³-hybridized carbons (Fsp3) is 0.364. The number of nitrogens with zero attached hydrogens (tertiary/aromatic N) is 10. The predicted octanol–water partition coefficient (Wildman–Crippen LogP) is 6.58. The van der Waals surface area contributed by atoms with Crippen LogP contribution in [-0.4, -0.2) is 77.5 Å². The fourth-order valence-electron chi connectivity index (χ4n) is 7.17. The van der Waals surface area contributed by atoms with Crippen molar-refractivity contribution in [2.45, 2.75) is 91.4 Å². The summed E-state index contributed by atoms with van der Waals surface area (Å²) < 4.78 is 30.1. The molecule has 2 amide bonds. The third kappa shape index (κ3) is 8.87. The second-order valence-corrected chi connectivity index (χ2v) is 15.5. The maximum Gasteiger partial charge on any atom is 0.246 e. The Morgan fingerprint density at radius 3 is 1.33 bits per heavy atom. The van der Waals surface area contributed by atoms with Gasteiger partial charge in [0.15, 0.2) is 11.6 Å². The van der Waals surface area contributed by atoms with Crippen LogP contribution in [0.1, 0.15) is 85.1 Å². The summed E-state index contributed by atoms with van der Waals surface area (Å²) in [5, 5.41) is 14.7. The van der Waals surface area contributed by atoms with Crippen LogP contribution in [0, 0.1) is 25.5 Å². The number of fused-ring (bicyclic) bond motifs is 2. The molecule has 0 saturated carbocycles. The number of benzene rings is 2. The van der Waals surface area contributed by atoms with Crippen molar-refractivity contribution in [1.29, 1.82) is 0 Å². The molecule has 312 valence electrons. The highest BCUT2D eigenvalue weighted by Crippen LogP contribution is 2.33. The molecule has 60 heavy (non-hydrogen) atoms. The number of anilines is 4. The largest absolute Gasteiger partial charge is 0.346 e. The predicted molar refractivity (Wildman–Crippen MR) is 226 cm³/mol. The van der Waals surface area contributed by atoms with Gasteiger partial charge in [0.05, 0.1) is 35.9 Å². The molecule has 0 bridgehead atoms. The minimum atomic E-state index is -0.272. The van der Waals surface area contributed by atoms with E-state index in [1.54, 1.807) is 24.3 Å². The smallest absolute Gasteiger partial charge is 0.246 e. The summed E-state index contributed by atoms with van der Waals surface area (Å²) in [6.45, 7) is 11.5. The molecule has 14 nitrogen and oxygen atoms in total. The van der Waals surface area contributed by atoms with E-state index < -0.39 is 0 Å². The summed E-state index contributed by atoms with van der Waals surface area (Å²) in [6, 6.07) is 12.5. The molecule has 6 aromatic rings. The molecule has 0 fully saturated rings. The summed E-state index contributed by atoms with van der Waals surface area (Å²) in [5.41, 5.74) is 7.06. The molecule has 4 atom stereocenters. The van der Waals surface area contributed by atoms with E-state index >= 15 is 0 Å². The Bertz CT molecular complexity index is 2330. The number of halogens is 2. The monoisotopic (exact) mass is 816 g/mol. The van der Waals surface area contributed by atoms with Crippen molar-refractivity contribution in [3.63, 3.8) is 0 Å². The normalized spacial score (nSPS) is 16.9. The highest BCUT2D eigenvalue weighted by atomic mass is 19.1. The van der Waals surface area contributed by atoms with Crippen LogP contribution in [0.4, 0.5) is 31.8 Å². The average molecular weight is 817 g/mol. The zero-order valence-electron chi connectivity index (χ0n) is 35.1. The van der Waals surface area contributed by atoms with Gasteiger partial charge >= 0.3 is 0 Å². The van der Waals surface area contributed by atoms with Crippen molar-refractivity contribution in [1.82, 2.24) is 39.5 Å². The lowest BCUT2D eigenvalue weighted by molar-refractivity contribution is -0.118. The van der Waals surface area contributed by atoms with Crippen LogP contribution >= 0.6 is 0 Å². The van der Waals surface area contributed by atoms with Crippen LogP contribution in [0.15, 0.2) is 73.3 Å². The zero-order chi connectivity index (χ0) is 42.8. The number of rotatable bonds is 10. The Hall–Kier alpha value is -6.58. The van der Waals surface area contributed by atoms with Crippen molar-refractivity contribution in [3.8, 4) is 0 Å². The summed E-state index contributed by atoms with van der Waals surface area (Å²) in [4.78, 5) is 46.4. The topological polar surface area (TPSA) is 152 Å². The standard InChI is InChI=1S/2C22H25FN6O/c2*1-13-20-21(28(4)15(3)22(30)27-20)26-19(25-13)10-5-16-11-24-29(12-16)14(2)17-6-8-18(23)9-7-17/h2*6-9,11-12,14-15H,5,10H2,1-4H3,(H,27,30)/t14-,15+;14-,15-/m10/s1. The van der Waals surface area contributed by atoms with E-state index in [9.17, 15) is 18.4 Å². The van der Waals surface area contributed by atoms with E-state index in [2.05, 4.69) is 30.8 Å². The molecule has 0 aliphatic carbocycles. The minimum absolute atomic E-state index is 0.0142. The Morgan fingerprint density at radius 1 is 0.600 bits per heavy atom. The van der Waals surface area contributed by atoms with Gasteiger partial charge in [0, 0.05) is 39.3 Å². The molecule has 2 aliphatic heterocycles. The van der Waals surface area contributed by atoms with Crippen molar-refractivity contribution in [3.05, 3.63) is 130 Å². The third-order valence-corrected chi connectivity index (χ3v) is 11.4. The number of carbonyl (C=O) groups is 2. The van der Waals surface area contributed by atoms with Crippen LogP contribution < -0.4 is 20.4 Å². The summed E-state index contributed by atoms with van der Waals surface area (Å²) in [7, 11) is 3.75. The van der Waals surface area contributed by atoms with E-state index in [0.29, 0.717) is 24.2 Å². The van der Waals surface area contributed by atoms with E-state index in [1.807, 2.05) is 99.6 Å². The molecule has 8 rings (SSSR count). The highest BCUT2D eigenvalue weighted by Gasteiger charge is 2.31. The Kier molecular flexibility index (Phi) is 12.0. The number of likely N-dealkylation sites (N-methyl/N-ethyl adjacent to an activating group) is 2. The van der Waals surface area contributed by atoms with Gasteiger partial charge in [0.1, 0.15) is 46.7 Å². The first kappa shape index (κ1) is 41.6. The molecule has 0 unspecified atom stereocenters. The number of aryl methyl sites for hydroxylation is 6. The van der Waals surface area contributed by atoms with E-state index in [1.165, 1.54) is 24.3 Å². The van der Waals surface area contributed by atoms with Crippen LogP contribution in [0.5, 0.6) is 0 Å². The SMILES string of the molecule is Cc1nc(CCc2cnn([C@@H](C)c3ccc(F)cc3)c2)nc2c1NC(=O)[C@H](C)N2C.Cc1nc(CCc2cnn([C@H](C)c3ccc(F)cc3)c2)nc2c1NC(=O)[C@H](C)N2C. The van der Waals surface area contributed by atoms with Gasteiger partial charge in [-0.2, -0.15) is 10.2 Å². The summed E-state index contributed by atoms with van der Waals surface area (Å²) in [5.74, 6) is 2.40. The summed E-state index contributed by atoms with van der Waals surface area (Å²) in [6.07, 6.45) is 10.5. The van der Waals surface area contributed by atoms with E-state index in [-0.39, 0.29) is 47.6 Å². The van der Waals surface area contributed by atoms with Gasteiger partial charge < -0.3 is 20.4 Å². The number of amides is 2. The van der Waals surface area contributed by atoms with E-state index in [0.717, 1.165) is 69.8 Å². The second-order valence-electron chi connectivity index (χ2n) is 15.5. The Morgan fingerprint density at radius 2 is 0.967 bits per heavy atom. The average Bonchev–Trinajstić information content (AvgIpc) is 3.92. The third-order valence-electron chi connectivity index (χ3n) is 11.4. The summed E-state index contributed by atoms with van der Waals surface area (Å²) >= 11 is 0. The molecule has 6 heterocycles. The molecular formula is C44H50F2N12O2. The molecule has 2 N–H and O–H groups in total. The van der Waals surface area contributed by atoms with Gasteiger partial charge in [-0.1, -0.05) is 24.3 Å². The van der Waals surface area contributed by atoms with Crippen LogP contribution in [-0.2, 0) is 35.3 Å². The fourth-order valence-corrected chi connectivity index (χ4v) is 7.17. The van der Waals surface area contributed by atoms with Crippen LogP contribution in [0.3, 0.4) is 0 Å². The molecule has 16 heteroatoms. The second kappa shape index (κ2) is 17.3. The number of nitrogens with one attached hydrogen (secondary N) is 2. The van der Waals surface area contributed by atoms with E-state index in [4.69, 9.17) is 9.97 Å². The first-order valence-electron chi connectivity index (χ1n) is 20.1. The molecule has 0 radical (unpaired) electrons. The highest BCUT2D eigenvalue weighted by molar-refractivity contribution is 6.03. The number of hydrogen-bond donors (Lipinski definition) is 2. The Labute approximate surface area is 348 Å². The van der Waals surface area contributed by atoms with Gasteiger partial charge in [0.25, 0.3) is 0 Å². The number of hydrogen-bond acceptors (Lipinski definition) is 10. The van der Waals surface area contributed by atoms with Crippen molar-refractivity contribution in [2.75, 3.05) is 34.5 Å². The first-order valence-corrected chi connectivity index (χ1v) is 20.1. The van der Waals surface area contributed by atoms with Gasteiger partial charge in [-0.3, -0.25) is 19.0 Å². The minimum Gasteiger partial charge on any atom is -0.346 e. The maximum atomic E-state index is 13.2. The van der Waals surface area contributed by atoms with Crippen LogP contribution in [0.2, 0.25) is 0 Å². The molecular weight excluding hydrogens is 767 g/mol. The molecule has 2 aromatic carbocycles. The molecule has 0 saturated heterocycles. The molecule has 4 aromatic heterocycles. The van der Waals surface area contributed by atoms with Gasteiger partial charge in [-0.25, -0.2) is 28.7 Å². The van der Waals surface area contributed by atoms with Crippen LogP contribution in [0.25, 0.3) is 0 Å². The van der Waals surface area contributed by atoms with Gasteiger partial charge in [-0.05, 0) is 101 Å². The van der Waals surface area contributed by atoms with Gasteiger partial charge in [-0.15, -0.1) is 0 Å². The van der Waals surface area contributed by atoms with Crippen molar-refractivity contribution >= 4 is 34.8 Å². The number of aromatic nitrogens is 8.